The van der Waals surface area contributed by atoms with E-state index in [4.69, 9.17) is 0 Å². The molecule has 1 N–H and O–H groups in total. The van der Waals surface area contributed by atoms with Crippen LogP contribution >= 0.6 is 0 Å². The lowest BCUT2D eigenvalue weighted by Gasteiger charge is -2.14. The van der Waals surface area contributed by atoms with Crippen molar-refractivity contribution in [3.63, 3.8) is 0 Å². The van der Waals surface area contributed by atoms with E-state index in [0.717, 1.165) is 30.7 Å². The monoisotopic (exact) mass is 394 g/mol. The van der Waals surface area contributed by atoms with Crippen LogP contribution in [-0.4, -0.2) is 24.6 Å². The van der Waals surface area contributed by atoms with Crippen molar-refractivity contribution in [2.24, 2.45) is 0 Å². The number of carbonyl (C=O) groups is 1. The second-order valence-corrected chi connectivity index (χ2v) is 8.87. The number of rotatable bonds is 5. The van der Waals surface area contributed by atoms with Gasteiger partial charge >= 0.3 is 0 Å². The van der Waals surface area contributed by atoms with Gasteiger partial charge in [0.1, 0.15) is 16.3 Å². The smallest absolute Gasteiger partial charge is 0.257 e. The van der Waals surface area contributed by atoms with Crippen LogP contribution < -0.4 is 5.32 Å². The minimum absolute atomic E-state index is 0.0184. The fourth-order valence-electron chi connectivity index (χ4n) is 3.21. The largest absolute Gasteiger partial charge is 0.348 e. The highest BCUT2D eigenvalue weighted by Crippen LogP contribution is 2.32. The van der Waals surface area contributed by atoms with Crippen LogP contribution in [-0.2, 0) is 16.4 Å². The first-order chi connectivity index (χ1) is 12.8. The molecule has 0 saturated heterocycles. The van der Waals surface area contributed by atoms with Gasteiger partial charge in [0.2, 0.25) is 0 Å². The average Bonchev–Trinajstić information content (AvgIpc) is 3.16. The zero-order valence-electron chi connectivity index (χ0n) is 14.8. The van der Waals surface area contributed by atoms with Gasteiger partial charge in [0.25, 0.3) is 5.91 Å². The minimum Gasteiger partial charge on any atom is -0.348 e. The number of hydrogen-bond acceptors (Lipinski definition) is 4. The third kappa shape index (κ3) is 4.00. The summed E-state index contributed by atoms with van der Waals surface area (Å²) in [5.74, 6) is -3.44. The molecule has 144 valence electrons. The quantitative estimate of drug-likeness (QED) is 0.790. The maximum atomic E-state index is 14.8. The second-order valence-electron chi connectivity index (χ2n) is 6.68. The van der Waals surface area contributed by atoms with Gasteiger partial charge in [-0.15, -0.1) is 0 Å². The Labute approximate surface area is 156 Å². The summed E-state index contributed by atoms with van der Waals surface area (Å²) in [6.45, 7) is 1.83. The van der Waals surface area contributed by atoms with Crippen LogP contribution in [0.3, 0.4) is 0 Å². The Morgan fingerprint density at radius 1 is 1.19 bits per heavy atom. The Morgan fingerprint density at radius 2 is 1.89 bits per heavy atom. The molecule has 0 atom stereocenters. The molecule has 2 aromatic rings. The Bertz CT molecular complexity index is 954. The number of halogens is 2. The van der Waals surface area contributed by atoms with Crippen LogP contribution in [0, 0.1) is 18.6 Å². The number of pyridine rings is 1. The van der Waals surface area contributed by atoms with Gasteiger partial charge in [-0.2, -0.15) is 0 Å². The van der Waals surface area contributed by atoms with Crippen molar-refractivity contribution in [3.05, 3.63) is 58.9 Å². The van der Waals surface area contributed by atoms with E-state index in [9.17, 15) is 22.0 Å². The van der Waals surface area contributed by atoms with Gasteiger partial charge in [0.05, 0.1) is 5.25 Å². The maximum absolute atomic E-state index is 14.8. The maximum Gasteiger partial charge on any atom is 0.257 e. The standard InChI is InChI=1S/C19H20F2N2O3S/c1-12-6-7-13(10-22-12)11-23-19(24)17-15(20)8-9-16(18(17)21)27(25,26)14-4-2-3-5-14/h6-10,14H,2-5,11H2,1H3,(H,23,24). The van der Waals surface area contributed by atoms with Gasteiger partial charge in [-0.05, 0) is 43.5 Å². The Kier molecular flexibility index (Phi) is 5.55. The lowest BCUT2D eigenvalue weighted by Crippen LogP contribution is -2.27. The summed E-state index contributed by atoms with van der Waals surface area (Å²) in [5.41, 5.74) is 0.575. The van der Waals surface area contributed by atoms with E-state index < -0.39 is 43.1 Å². The van der Waals surface area contributed by atoms with Gasteiger partial charge in [-0.25, -0.2) is 17.2 Å². The summed E-state index contributed by atoms with van der Waals surface area (Å²) in [6, 6.07) is 5.21. The van der Waals surface area contributed by atoms with E-state index in [1.807, 2.05) is 6.92 Å². The highest BCUT2D eigenvalue weighted by Gasteiger charge is 2.34. The highest BCUT2D eigenvalue weighted by molar-refractivity contribution is 7.92. The summed E-state index contributed by atoms with van der Waals surface area (Å²) in [7, 11) is -3.95. The lowest BCUT2D eigenvalue weighted by molar-refractivity contribution is 0.0941. The molecule has 1 heterocycles. The molecule has 0 aliphatic heterocycles. The molecule has 1 saturated carbocycles. The SMILES string of the molecule is Cc1ccc(CNC(=O)c2c(F)ccc(S(=O)(=O)C3CCCC3)c2F)cn1. The number of carbonyl (C=O) groups excluding carboxylic acids is 1. The van der Waals surface area contributed by atoms with Crippen molar-refractivity contribution < 1.29 is 22.0 Å². The van der Waals surface area contributed by atoms with Crippen LogP contribution in [0.1, 0.15) is 47.3 Å². The van der Waals surface area contributed by atoms with Crippen molar-refractivity contribution in [3.8, 4) is 0 Å². The van der Waals surface area contributed by atoms with Gasteiger partial charge < -0.3 is 5.32 Å². The van der Waals surface area contributed by atoms with E-state index >= 15 is 0 Å². The molecule has 1 aliphatic rings. The van der Waals surface area contributed by atoms with Crippen molar-refractivity contribution in [2.45, 2.75) is 49.3 Å². The molecule has 1 aliphatic carbocycles. The molecule has 27 heavy (non-hydrogen) atoms. The molecule has 0 unspecified atom stereocenters. The van der Waals surface area contributed by atoms with Gasteiger partial charge in [-0.3, -0.25) is 9.78 Å². The Hall–Kier alpha value is -2.35. The summed E-state index contributed by atoms with van der Waals surface area (Å²) in [4.78, 5) is 15.8. The van der Waals surface area contributed by atoms with Crippen LogP contribution in [0.25, 0.3) is 0 Å². The molecular formula is C19H20F2N2O3S. The van der Waals surface area contributed by atoms with Crippen molar-refractivity contribution in [1.29, 1.82) is 0 Å². The van der Waals surface area contributed by atoms with Crippen LogP contribution in [0.2, 0.25) is 0 Å². The number of benzene rings is 1. The lowest BCUT2D eigenvalue weighted by atomic mass is 10.1. The molecule has 5 nitrogen and oxygen atoms in total. The number of nitrogens with one attached hydrogen (secondary N) is 1. The second kappa shape index (κ2) is 7.72. The first-order valence-electron chi connectivity index (χ1n) is 8.72. The predicted molar refractivity (Wildman–Crippen MR) is 95.9 cm³/mol. The van der Waals surface area contributed by atoms with Crippen LogP contribution in [0.15, 0.2) is 35.4 Å². The first kappa shape index (κ1) is 19.4. The minimum atomic E-state index is -3.95. The van der Waals surface area contributed by atoms with Crippen LogP contribution in [0.4, 0.5) is 8.78 Å². The van der Waals surface area contributed by atoms with Crippen molar-refractivity contribution in [1.82, 2.24) is 10.3 Å². The number of amides is 1. The zero-order valence-corrected chi connectivity index (χ0v) is 15.7. The number of sulfone groups is 1. The average molecular weight is 394 g/mol. The van der Waals surface area contributed by atoms with E-state index in [1.54, 1.807) is 18.3 Å². The van der Waals surface area contributed by atoms with Crippen LogP contribution in [0.5, 0.6) is 0 Å². The molecule has 3 rings (SSSR count). The third-order valence-electron chi connectivity index (χ3n) is 4.76. The summed E-state index contributed by atoms with van der Waals surface area (Å²) in [5, 5.41) is 1.72. The van der Waals surface area contributed by atoms with Gasteiger partial charge in [0, 0.05) is 18.4 Å². The van der Waals surface area contributed by atoms with Gasteiger partial charge in [0.15, 0.2) is 15.7 Å². The fourth-order valence-corrected chi connectivity index (χ4v) is 5.14. The molecular weight excluding hydrogens is 374 g/mol. The molecule has 8 heteroatoms. The van der Waals surface area contributed by atoms with E-state index in [2.05, 4.69) is 10.3 Å². The molecule has 1 aromatic carbocycles. The number of aryl methyl sites for hydroxylation is 1. The summed E-state index contributed by atoms with van der Waals surface area (Å²) in [6.07, 6.45) is 3.95. The Morgan fingerprint density at radius 3 is 2.52 bits per heavy atom. The van der Waals surface area contributed by atoms with E-state index in [-0.39, 0.29) is 6.54 Å². The summed E-state index contributed by atoms with van der Waals surface area (Å²) >= 11 is 0. The fraction of sp³-hybridized carbons (Fsp3) is 0.368. The molecule has 1 amide bonds. The number of nitrogens with zero attached hydrogens (tertiary/aromatic N) is 1. The topological polar surface area (TPSA) is 76.1 Å². The van der Waals surface area contributed by atoms with Gasteiger partial charge in [-0.1, -0.05) is 18.9 Å². The third-order valence-corrected chi connectivity index (χ3v) is 7.03. The zero-order chi connectivity index (χ0) is 19.6. The molecule has 0 spiro atoms. The van der Waals surface area contributed by atoms with E-state index in [1.165, 1.54) is 0 Å². The number of aromatic nitrogens is 1. The molecule has 1 aromatic heterocycles. The molecule has 1 fully saturated rings. The van der Waals surface area contributed by atoms with E-state index in [0.29, 0.717) is 18.4 Å². The first-order valence-corrected chi connectivity index (χ1v) is 10.3. The Balaban J connectivity index is 1.86. The molecule has 0 radical (unpaired) electrons. The predicted octanol–water partition coefficient (Wildman–Crippen LogP) is 3.31. The normalized spacial score (nSPS) is 15.1. The highest BCUT2D eigenvalue weighted by atomic mass is 32.2. The molecule has 0 bridgehead atoms. The van der Waals surface area contributed by atoms with Crippen molar-refractivity contribution in [2.75, 3.05) is 0 Å². The number of hydrogen-bond donors (Lipinski definition) is 1. The van der Waals surface area contributed by atoms with Crippen molar-refractivity contribution >= 4 is 15.7 Å². The summed E-state index contributed by atoms with van der Waals surface area (Å²) < 4.78 is 54.2.